The lowest BCUT2D eigenvalue weighted by molar-refractivity contribution is -0.132. The van der Waals surface area contributed by atoms with E-state index in [-0.39, 0.29) is 5.70 Å². The molecule has 0 saturated carbocycles. The lowest BCUT2D eigenvalue weighted by Crippen LogP contribution is -1.99. The van der Waals surface area contributed by atoms with Crippen molar-refractivity contribution in [2.75, 3.05) is 0 Å². The zero-order valence-corrected chi connectivity index (χ0v) is 8.15. The van der Waals surface area contributed by atoms with Crippen molar-refractivity contribution in [2.45, 2.75) is 6.92 Å². The highest BCUT2D eigenvalue weighted by molar-refractivity contribution is 7.08. The maximum absolute atomic E-state index is 10.7. The third-order valence-electron chi connectivity index (χ3n) is 1.66. The minimum Gasteiger partial charge on any atom is -0.478 e. The summed E-state index contributed by atoms with van der Waals surface area (Å²) < 4.78 is 0. The lowest BCUT2D eigenvalue weighted by atomic mass is 10.1. The highest BCUT2D eigenvalue weighted by atomic mass is 32.1. The smallest absolute Gasteiger partial charge is 0.338 e. The van der Waals surface area contributed by atoms with Crippen LogP contribution in [-0.4, -0.2) is 11.1 Å². The minimum atomic E-state index is -1.22. The van der Waals surface area contributed by atoms with Crippen LogP contribution in [0.2, 0.25) is 0 Å². The molecule has 1 rings (SSSR count). The molecule has 0 aliphatic heterocycles. The Bertz CT molecular complexity index is 412. The van der Waals surface area contributed by atoms with Gasteiger partial charge in [-0.05, 0) is 40.4 Å². The molecule has 0 aromatic carbocycles. The summed E-state index contributed by atoms with van der Waals surface area (Å²) in [6.45, 7) is 1.61. The first kappa shape index (κ1) is 10.3. The number of nitrogens with zero attached hydrogens (tertiary/aromatic N) is 3. The molecule has 0 atom stereocenters. The minimum absolute atomic E-state index is 0.258. The van der Waals surface area contributed by atoms with Gasteiger partial charge in [-0.3, -0.25) is 0 Å². The average molecular weight is 209 g/mol. The van der Waals surface area contributed by atoms with E-state index < -0.39 is 5.97 Å². The van der Waals surface area contributed by atoms with Crippen LogP contribution < -0.4 is 0 Å². The van der Waals surface area contributed by atoms with Crippen LogP contribution in [0.3, 0.4) is 0 Å². The van der Waals surface area contributed by atoms with Crippen LogP contribution in [0.5, 0.6) is 0 Å². The number of hydrogen-bond donors (Lipinski definition) is 1. The number of carboxylic acid groups (broad SMARTS) is 1. The Morgan fingerprint density at radius 3 is 2.86 bits per heavy atom. The molecular weight excluding hydrogens is 202 g/mol. The van der Waals surface area contributed by atoms with Gasteiger partial charge >= 0.3 is 5.97 Å². The van der Waals surface area contributed by atoms with Gasteiger partial charge in [0.1, 0.15) is 5.70 Å². The van der Waals surface area contributed by atoms with Gasteiger partial charge in [-0.1, -0.05) is 5.11 Å². The Morgan fingerprint density at radius 1 is 1.71 bits per heavy atom. The molecule has 0 radical (unpaired) electrons. The van der Waals surface area contributed by atoms with Crippen LogP contribution in [0, 0.1) is 0 Å². The molecule has 0 amide bonds. The molecule has 0 fully saturated rings. The third-order valence-corrected chi connectivity index (χ3v) is 2.34. The molecule has 1 aromatic rings. The second-order valence-electron chi connectivity index (χ2n) is 2.48. The van der Waals surface area contributed by atoms with Gasteiger partial charge in [0.25, 0.3) is 0 Å². The van der Waals surface area contributed by atoms with Gasteiger partial charge in [0, 0.05) is 4.91 Å². The van der Waals surface area contributed by atoms with Crippen molar-refractivity contribution in [3.8, 4) is 0 Å². The number of rotatable bonds is 3. The van der Waals surface area contributed by atoms with Crippen molar-refractivity contribution in [3.63, 3.8) is 0 Å². The van der Waals surface area contributed by atoms with Crippen LogP contribution in [-0.2, 0) is 4.79 Å². The van der Waals surface area contributed by atoms with Crippen molar-refractivity contribution in [1.82, 2.24) is 0 Å². The summed E-state index contributed by atoms with van der Waals surface area (Å²) in [6.07, 6.45) is 0. The summed E-state index contributed by atoms with van der Waals surface area (Å²) in [5, 5.41) is 15.5. The Morgan fingerprint density at radius 2 is 2.43 bits per heavy atom. The van der Waals surface area contributed by atoms with Crippen LogP contribution in [0.4, 0.5) is 0 Å². The van der Waals surface area contributed by atoms with E-state index in [1.54, 1.807) is 18.4 Å². The molecule has 0 spiro atoms. The van der Waals surface area contributed by atoms with Crippen LogP contribution in [0.15, 0.2) is 27.6 Å². The first-order valence-electron chi connectivity index (χ1n) is 3.68. The normalized spacial score (nSPS) is 11.5. The van der Waals surface area contributed by atoms with Crippen molar-refractivity contribution in [3.05, 3.63) is 38.5 Å². The van der Waals surface area contributed by atoms with E-state index in [4.69, 9.17) is 10.6 Å². The van der Waals surface area contributed by atoms with E-state index in [1.807, 2.05) is 5.38 Å². The molecule has 0 aliphatic carbocycles. The summed E-state index contributed by atoms with van der Waals surface area (Å²) in [4.78, 5) is 13.2. The fourth-order valence-electron chi connectivity index (χ4n) is 0.937. The fourth-order valence-corrected chi connectivity index (χ4v) is 1.64. The summed E-state index contributed by atoms with van der Waals surface area (Å²) in [7, 11) is 0. The van der Waals surface area contributed by atoms with E-state index >= 15 is 0 Å². The van der Waals surface area contributed by atoms with E-state index in [9.17, 15) is 4.79 Å². The second kappa shape index (κ2) is 4.45. The van der Waals surface area contributed by atoms with Crippen LogP contribution >= 0.6 is 11.3 Å². The van der Waals surface area contributed by atoms with Gasteiger partial charge in [-0.25, -0.2) is 4.79 Å². The first-order chi connectivity index (χ1) is 6.66. The fraction of sp³-hybridized carbons (Fsp3) is 0.125. The molecule has 0 aliphatic rings. The Balaban J connectivity index is 3.24. The van der Waals surface area contributed by atoms with Gasteiger partial charge in [0.2, 0.25) is 0 Å². The maximum atomic E-state index is 10.7. The van der Waals surface area contributed by atoms with E-state index in [2.05, 4.69) is 10.0 Å². The van der Waals surface area contributed by atoms with Gasteiger partial charge in [-0.15, -0.1) is 0 Å². The van der Waals surface area contributed by atoms with Crippen molar-refractivity contribution < 1.29 is 9.90 Å². The van der Waals surface area contributed by atoms with E-state index in [0.29, 0.717) is 5.57 Å². The SMILES string of the molecule is C/C(=C(\N=[N+]=[N-])C(=O)O)c1ccsc1. The molecule has 1 heterocycles. The predicted octanol–water partition coefficient (Wildman–Crippen LogP) is 2.87. The highest BCUT2D eigenvalue weighted by Crippen LogP contribution is 2.21. The number of allylic oxidation sites excluding steroid dienone is 1. The number of hydrogen-bond acceptors (Lipinski definition) is 3. The predicted molar refractivity (Wildman–Crippen MR) is 53.7 cm³/mol. The number of azide groups is 1. The van der Waals surface area contributed by atoms with Gasteiger partial charge in [-0.2, -0.15) is 11.3 Å². The summed E-state index contributed by atoms with van der Waals surface area (Å²) >= 11 is 1.45. The Kier molecular flexibility index (Phi) is 3.28. The molecule has 1 aromatic heterocycles. The number of carboxylic acids is 1. The maximum Gasteiger partial charge on any atom is 0.338 e. The third kappa shape index (κ3) is 2.12. The monoisotopic (exact) mass is 209 g/mol. The number of thiophene rings is 1. The van der Waals surface area contributed by atoms with E-state index in [1.165, 1.54) is 11.3 Å². The van der Waals surface area contributed by atoms with Crippen LogP contribution in [0.1, 0.15) is 12.5 Å². The van der Waals surface area contributed by atoms with Crippen molar-refractivity contribution in [2.24, 2.45) is 5.11 Å². The molecule has 0 bridgehead atoms. The van der Waals surface area contributed by atoms with Gasteiger partial charge in [0.15, 0.2) is 0 Å². The topological polar surface area (TPSA) is 86.1 Å². The molecule has 1 N–H and O–H groups in total. The zero-order valence-electron chi connectivity index (χ0n) is 7.34. The number of carbonyl (C=O) groups is 1. The number of aliphatic carboxylic acids is 1. The molecular formula is C8H7N3O2S. The van der Waals surface area contributed by atoms with Gasteiger partial charge < -0.3 is 5.11 Å². The standard InChI is InChI=1S/C8H7N3O2S/c1-5(6-2-3-14-4-6)7(8(12)13)10-11-9/h2-4H,1H3,(H,12,13)/b7-5+. The summed E-state index contributed by atoms with van der Waals surface area (Å²) in [5.41, 5.74) is 9.17. The largest absolute Gasteiger partial charge is 0.478 e. The molecule has 5 nitrogen and oxygen atoms in total. The highest BCUT2D eigenvalue weighted by Gasteiger charge is 2.10. The van der Waals surface area contributed by atoms with Crippen molar-refractivity contribution in [1.29, 1.82) is 0 Å². The lowest BCUT2D eigenvalue weighted by Gasteiger charge is -1.99. The molecule has 0 unspecified atom stereocenters. The summed E-state index contributed by atoms with van der Waals surface area (Å²) in [5.74, 6) is -1.22. The quantitative estimate of drug-likeness (QED) is 0.359. The van der Waals surface area contributed by atoms with E-state index in [0.717, 1.165) is 5.56 Å². The molecule has 6 heteroatoms. The zero-order chi connectivity index (χ0) is 10.6. The molecule has 14 heavy (non-hydrogen) atoms. The van der Waals surface area contributed by atoms with Gasteiger partial charge in [0.05, 0.1) is 0 Å². The Labute approximate surface area is 83.9 Å². The average Bonchev–Trinajstić information content (AvgIpc) is 2.65. The molecule has 72 valence electrons. The summed E-state index contributed by atoms with van der Waals surface area (Å²) in [6, 6.07) is 1.77. The van der Waals surface area contributed by atoms with Crippen molar-refractivity contribution >= 4 is 22.9 Å². The second-order valence-corrected chi connectivity index (χ2v) is 3.26. The first-order valence-corrected chi connectivity index (χ1v) is 4.63. The Hall–Kier alpha value is -1.78. The van der Waals surface area contributed by atoms with Crippen LogP contribution in [0.25, 0.3) is 16.0 Å². The molecule has 0 saturated heterocycles.